The van der Waals surface area contributed by atoms with Gasteiger partial charge in [-0.15, -0.1) is 0 Å². The summed E-state index contributed by atoms with van der Waals surface area (Å²) < 4.78 is 11.1. The minimum absolute atomic E-state index is 0.0114. The van der Waals surface area contributed by atoms with Crippen molar-refractivity contribution in [2.24, 2.45) is 0 Å². The van der Waals surface area contributed by atoms with Crippen LogP contribution in [0.25, 0.3) is 6.08 Å². The maximum Gasteiger partial charge on any atom is 0.290 e. The van der Waals surface area contributed by atoms with Gasteiger partial charge in [-0.1, -0.05) is 48.5 Å². The summed E-state index contributed by atoms with van der Waals surface area (Å²) in [6.07, 6.45) is 6.33. The molecule has 0 aliphatic carbocycles. The Morgan fingerprint density at radius 1 is 1.11 bits per heavy atom. The molecule has 7 nitrogen and oxygen atoms in total. The van der Waals surface area contributed by atoms with Crippen LogP contribution >= 0.6 is 0 Å². The lowest BCUT2D eigenvalue weighted by atomic mass is 9.95. The first-order valence-electron chi connectivity index (χ1n) is 11.2. The van der Waals surface area contributed by atoms with Gasteiger partial charge >= 0.3 is 0 Å². The SMILES string of the molecule is CCOc1ccc(C2C(C(=O)/C=C/c3ccccc3)=C(O)C(=O)N2Cc2cccnc2)cc1OC. The number of aliphatic hydroxyl groups is 1. The van der Waals surface area contributed by atoms with E-state index in [0.29, 0.717) is 23.7 Å². The molecule has 1 unspecified atom stereocenters. The fraction of sp³-hybridized carbons (Fsp3) is 0.179. The van der Waals surface area contributed by atoms with E-state index in [1.807, 2.05) is 43.3 Å². The molecule has 4 rings (SSSR count). The fourth-order valence-electron chi connectivity index (χ4n) is 4.06. The van der Waals surface area contributed by atoms with E-state index in [2.05, 4.69) is 4.98 Å². The van der Waals surface area contributed by atoms with E-state index < -0.39 is 23.5 Å². The lowest BCUT2D eigenvalue weighted by Crippen LogP contribution is -2.30. The van der Waals surface area contributed by atoms with Crippen LogP contribution in [0.1, 0.15) is 29.7 Å². The van der Waals surface area contributed by atoms with E-state index in [-0.39, 0.29) is 12.1 Å². The number of rotatable bonds is 9. The Labute approximate surface area is 203 Å². The van der Waals surface area contributed by atoms with Crippen LogP contribution in [0, 0.1) is 0 Å². The van der Waals surface area contributed by atoms with E-state index in [9.17, 15) is 14.7 Å². The van der Waals surface area contributed by atoms with Gasteiger partial charge in [-0.2, -0.15) is 0 Å². The topological polar surface area (TPSA) is 89.0 Å². The zero-order valence-electron chi connectivity index (χ0n) is 19.5. The van der Waals surface area contributed by atoms with Crippen LogP contribution in [0.2, 0.25) is 0 Å². The molecule has 35 heavy (non-hydrogen) atoms. The summed E-state index contributed by atoms with van der Waals surface area (Å²) in [4.78, 5) is 32.1. The monoisotopic (exact) mass is 470 g/mol. The number of allylic oxidation sites excluding steroid dienone is 1. The molecule has 1 atom stereocenters. The Balaban J connectivity index is 1.76. The number of ether oxygens (including phenoxy) is 2. The number of hydrogen-bond acceptors (Lipinski definition) is 6. The number of benzene rings is 2. The molecule has 3 aromatic rings. The van der Waals surface area contributed by atoms with E-state index in [1.165, 1.54) is 18.1 Å². The second kappa shape index (κ2) is 10.7. The zero-order chi connectivity index (χ0) is 24.8. The molecule has 1 N–H and O–H groups in total. The van der Waals surface area contributed by atoms with Crippen molar-refractivity contribution < 1.29 is 24.2 Å². The third kappa shape index (κ3) is 5.09. The largest absolute Gasteiger partial charge is 0.503 e. The first-order valence-corrected chi connectivity index (χ1v) is 11.2. The Morgan fingerprint density at radius 3 is 2.60 bits per heavy atom. The highest BCUT2D eigenvalue weighted by atomic mass is 16.5. The number of aliphatic hydroxyl groups excluding tert-OH is 1. The summed E-state index contributed by atoms with van der Waals surface area (Å²) in [5.41, 5.74) is 2.22. The van der Waals surface area contributed by atoms with Gasteiger partial charge in [-0.05, 0) is 47.9 Å². The number of carbonyl (C=O) groups excluding carboxylic acids is 2. The molecule has 1 aromatic heterocycles. The zero-order valence-corrected chi connectivity index (χ0v) is 19.5. The number of hydrogen-bond donors (Lipinski definition) is 1. The lowest BCUT2D eigenvalue weighted by Gasteiger charge is -2.27. The Bertz CT molecular complexity index is 1270. The first kappa shape index (κ1) is 23.8. The molecule has 7 heteroatoms. The van der Waals surface area contributed by atoms with Crippen molar-refractivity contribution in [1.29, 1.82) is 0 Å². The van der Waals surface area contributed by atoms with Gasteiger partial charge in [0.2, 0.25) is 0 Å². The normalized spacial score (nSPS) is 15.7. The number of pyridine rings is 1. The Kier molecular flexibility index (Phi) is 7.26. The van der Waals surface area contributed by atoms with Crippen molar-refractivity contribution in [3.63, 3.8) is 0 Å². The highest BCUT2D eigenvalue weighted by molar-refractivity contribution is 6.14. The van der Waals surface area contributed by atoms with E-state index in [0.717, 1.165) is 11.1 Å². The number of carbonyl (C=O) groups is 2. The first-order chi connectivity index (χ1) is 17.0. The molecule has 178 valence electrons. The Morgan fingerprint density at radius 2 is 1.91 bits per heavy atom. The number of amides is 1. The van der Waals surface area contributed by atoms with E-state index in [4.69, 9.17) is 9.47 Å². The predicted octanol–water partition coefficient (Wildman–Crippen LogP) is 4.67. The molecule has 2 heterocycles. The van der Waals surface area contributed by atoms with Crippen molar-refractivity contribution in [1.82, 2.24) is 9.88 Å². The number of methoxy groups -OCH3 is 1. The maximum atomic E-state index is 13.3. The molecule has 0 bridgehead atoms. The minimum atomic E-state index is -0.819. The van der Waals surface area contributed by atoms with Gasteiger partial charge in [0.15, 0.2) is 23.0 Å². The molecule has 0 saturated heterocycles. The second-order valence-corrected chi connectivity index (χ2v) is 7.91. The van der Waals surface area contributed by atoms with Crippen LogP contribution in [0.4, 0.5) is 0 Å². The van der Waals surface area contributed by atoms with E-state index >= 15 is 0 Å². The van der Waals surface area contributed by atoms with Crippen molar-refractivity contribution >= 4 is 17.8 Å². The number of ketones is 1. The van der Waals surface area contributed by atoms with Crippen LogP contribution < -0.4 is 9.47 Å². The van der Waals surface area contributed by atoms with Crippen molar-refractivity contribution in [2.75, 3.05) is 13.7 Å². The molecule has 1 aliphatic heterocycles. The van der Waals surface area contributed by atoms with Crippen LogP contribution in [0.3, 0.4) is 0 Å². The molecule has 0 saturated carbocycles. The average Bonchev–Trinajstić information content (AvgIpc) is 3.14. The van der Waals surface area contributed by atoms with Gasteiger partial charge in [0.1, 0.15) is 0 Å². The third-order valence-electron chi connectivity index (χ3n) is 5.67. The summed E-state index contributed by atoms with van der Waals surface area (Å²) in [5.74, 6) is -0.619. The summed E-state index contributed by atoms with van der Waals surface area (Å²) in [5, 5.41) is 10.8. The van der Waals surface area contributed by atoms with Crippen LogP contribution in [0.15, 0.2) is 90.5 Å². The van der Waals surface area contributed by atoms with Crippen LogP contribution in [-0.2, 0) is 16.1 Å². The third-order valence-corrected chi connectivity index (χ3v) is 5.67. The van der Waals surface area contributed by atoms with Gasteiger partial charge in [0.05, 0.1) is 25.3 Å². The molecule has 1 amide bonds. The van der Waals surface area contributed by atoms with Gasteiger partial charge in [-0.3, -0.25) is 14.6 Å². The molecular weight excluding hydrogens is 444 g/mol. The lowest BCUT2D eigenvalue weighted by molar-refractivity contribution is -0.130. The molecular formula is C28H26N2O5. The fourth-order valence-corrected chi connectivity index (χ4v) is 4.06. The smallest absolute Gasteiger partial charge is 0.290 e. The second-order valence-electron chi connectivity index (χ2n) is 7.91. The standard InChI is InChI=1S/C28H26N2O5/c1-3-35-23-14-12-21(16-24(23)34-2)26-25(22(31)13-11-19-8-5-4-6-9-19)27(32)28(33)30(26)18-20-10-7-15-29-17-20/h4-17,26,32H,3,18H2,1-2H3/b13-11+. The van der Waals surface area contributed by atoms with Crippen molar-refractivity contribution in [3.8, 4) is 11.5 Å². The van der Waals surface area contributed by atoms with Gasteiger partial charge in [0, 0.05) is 18.9 Å². The molecule has 2 aromatic carbocycles. The highest BCUT2D eigenvalue weighted by Gasteiger charge is 2.43. The molecule has 0 fully saturated rings. The van der Waals surface area contributed by atoms with E-state index in [1.54, 1.807) is 42.7 Å². The summed E-state index contributed by atoms with van der Waals surface area (Å²) >= 11 is 0. The molecule has 0 radical (unpaired) electrons. The minimum Gasteiger partial charge on any atom is -0.503 e. The number of nitrogens with zero attached hydrogens (tertiary/aromatic N) is 2. The maximum absolute atomic E-state index is 13.3. The van der Waals surface area contributed by atoms with Gasteiger partial charge in [0.25, 0.3) is 5.91 Å². The predicted molar refractivity (Wildman–Crippen MR) is 132 cm³/mol. The summed E-state index contributed by atoms with van der Waals surface area (Å²) in [6.45, 7) is 2.49. The van der Waals surface area contributed by atoms with Crippen molar-refractivity contribution in [3.05, 3.63) is 107 Å². The van der Waals surface area contributed by atoms with Crippen LogP contribution in [-0.4, -0.2) is 40.4 Å². The van der Waals surface area contributed by atoms with Crippen molar-refractivity contribution in [2.45, 2.75) is 19.5 Å². The number of aromatic nitrogens is 1. The van der Waals surface area contributed by atoms with Crippen LogP contribution in [0.5, 0.6) is 11.5 Å². The van der Waals surface area contributed by atoms with Gasteiger partial charge in [-0.25, -0.2) is 0 Å². The summed E-state index contributed by atoms with van der Waals surface area (Å²) in [7, 11) is 1.52. The summed E-state index contributed by atoms with van der Waals surface area (Å²) in [6, 6.07) is 17.4. The Hall–Kier alpha value is -4.39. The van der Waals surface area contributed by atoms with Gasteiger partial charge < -0.3 is 19.5 Å². The highest BCUT2D eigenvalue weighted by Crippen LogP contribution is 2.41. The quantitative estimate of drug-likeness (QED) is 0.458. The average molecular weight is 471 g/mol. The molecule has 1 aliphatic rings. The molecule has 0 spiro atoms.